The van der Waals surface area contributed by atoms with Gasteiger partial charge in [-0.3, -0.25) is 14.4 Å². The molecule has 5 rings (SSSR count). The van der Waals surface area contributed by atoms with Gasteiger partial charge in [-0.1, -0.05) is 11.6 Å². The lowest BCUT2D eigenvalue weighted by Crippen LogP contribution is -2.56. The number of carbonyl (C=O) groups is 3. The van der Waals surface area contributed by atoms with Crippen molar-refractivity contribution < 1.29 is 14.4 Å². The molecule has 0 bridgehead atoms. The van der Waals surface area contributed by atoms with Crippen LogP contribution in [0.1, 0.15) is 50.1 Å². The fraction of sp³-hybridized carbons (Fsp3) is 0.462. The van der Waals surface area contributed by atoms with Crippen LogP contribution in [0.2, 0.25) is 5.02 Å². The number of likely N-dealkylation sites (N-methyl/N-ethyl adjacent to an activating group) is 1. The van der Waals surface area contributed by atoms with Gasteiger partial charge >= 0.3 is 0 Å². The molecule has 3 atom stereocenters. The predicted molar refractivity (Wildman–Crippen MR) is 151 cm³/mol. The van der Waals surface area contributed by atoms with Crippen molar-refractivity contribution in [2.45, 2.75) is 44.3 Å². The number of carbonyl (C=O) groups excluding carboxylic acids is 3. The Morgan fingerprint density at radius 3 is 2.66 bits per heavy atom. The van der Waals surface area contributed by atoms with Crippen LogP contribution in [0.25, 0.3) is 10.9 Å². The van der Waals surface area contributed by atoms with Crippen molar-refractivity contribution in [3.05, 3.63) is 50.6 Å². The van der Waals surface area contributed by atoms with E-state index in [-0.39, 0.29) is 42.1 Å². The van der Waals surface area contributed by atoms with Gasteiger partial charge in [0.2, 0.25) is 5.91 Å². The number of benzene rings is 1. The zero-order chi connectivity index (χ0) is 26.3. The smallest absolute Gasteiger partial charge is 0.280 e. The molecule has 204 valence electrons. The van der Waals surface area contributed by atoms with E-state index in [1.165, 1.54) is 11.3 Å². The van der Waals surface area contributed by atoms with E-state index in [2.05, 4.69) is 32.5 Å². The quantitative estimate of drug-likeness (QED) is 0.429. The Morgan fingerprint density at radius 2 is 1.89 bits per heavy atom. The zero-order valence-corrected chi connectivity index (χ0v) is 23.9. The highest BCUT2D eigenvalue weighted by atomic mass is 35.5. The minimum absolute atomic E-state index is 0. The molecule has 3 aromatic rings. The largest absolute Gasteiger partial charge is 0.351 e. The summed E-state index contributed by atoms with van der Waals surface area (Å²) in [6.45, 7) is 1.71. The third-order valence-electron chi connectivity index (χ3n) is 7.22. The van der Waals surface area contributed by atoms with Gasteiger partial charge < -0.3 is 25.4 Å². The maximum Gasteiger partial charge on any atom is 0.280 e. The first-order chi connectivity index (χ1) is 17.7. The van der Waals surface area contributed by atoms with Gasteiger partial charge in [0.25, 0.3) is 11.8 Å². The second-order valence-corrected chi connectivity index (χ2v) is 11.7. The third-order valence-corrected chi connectivity index (χ3v) is 8.53. The van der Waals surface area contributed by atoms with Gasteiger partial charge in [-0.05, 0) is 50.6 Å². The molecule has 1 aliphatic carbocycles. The molecule has 0 radical (unpaired) electrons. The Labute approximate surface area is 236 Å². The highest BCUT2D eigenvalue weighted by Crippen LogP contribution is 2.29. The summed E-state index contributed by atoms with van der Waals surface area (Å²) < 4.78 is 0. The van der Waals surface area contributed by atoms with E-state index in [1.807, 2.05) is 6.07 Å². The Bertz CT molecular complexity index is 1360. The molecule has 1 aromatic carbocycles. The van der Waals surface area contributed by atoms with Crippen LogP contribution < -0.4 is 10.6 Å². The Kier molecular flexibility index (Phi) is 8.66. The van der Waals surface area contributed by atoms with E-state index in [1.54, 1.807) is 37.2 Å². The molecule has 1 saturated carbocycles. The number of hydrogen-bond acceptors (Lipinski definition) is 6. The molecular weight excluding hydrogens is 547 g/mol. The number of nitrogens with zero attached hydrogens (tertiary/aromatic N) is 3. The standard InChI is InChI=1S/C26H31ClN6O3S.ClH/c1-32(2)26(36)14-4-6-18(29-23(34)21-12-15-10-16(27)5-7-17(15)28-21)20(11-14)30-24(35)25-31-19-8-9-33(3)13-22(19)37-25;/h5,7,10,12,14,18,20,28H,4,6,8-9,11,13H2,1-3H3,(H,29,34)(H,30,35);1H/t14-,18+,20+;/m0./s1. The van der Waals surface area contributed by atoms with Crippen molar-refractivity contribution in [1.82, 2.24) is 30.4 Å². The van der Waals surface area contributed by atoms with Gasteiger partial charge in [-0.2, -0.15) is 0 Å². The van der Waals surface area contributed by atoms with Crippen molar-refractivity contribution in [2.24, 2.45) is 5.92 Å². The predicted octanol–water partition coefficient (Wildman–Crippen LogP) is 3.47. The van der Waals surface area contributed by atoms with Crippen molar-refractivity contribution in [2.75, 3.05) is 27.7 Å². The number of halogens is 2. The molecule has 9 nitrogen and oxygen atoms in total. The van der Waals surface area contributed by atoms with Crippen LogP contribution in [0.3, 0.4) is 0 Å². The lowest BCUT2D eigenvalue weighted by atomic mass is 9.81. The summed E-state index contributed by atoms with van der Waals surface area (Å²) in [5, 5.41) is 8.07. The minimum Gasteiger partial charge on any atom is -0.351 e. The summed E-state index contributed by atoms with van der Waals surface area (Å²) in [5.74, 6) is -0.711. The molecule has 0 spiro atoms. The van der Waals surface area contributed by atoms with Crippen molar-refractivity contribution in [1.29, 1.82) is 0 Å². The molecule has 12 heteroatoms. The van der Waals surface area contributed by atoms with Crippen LogP contribution >= 0.6 is 35.3 Å². The fourth-order valence-corrected chi connectivity index (χ4v) is 6.49. The summed E-state index contributed by atoms with van der Waals surface area (Å²) >= 11 is 7.51. The van der Waals surface area contributed by atoms with Crippen LogP contribution in [0.5, 0.6) is 0 Å². The molecule has 3 amide bonds. The van der Waals surface area contributed by atoms with Gasteiger partial charge in [0.1, 0.15) is 5.69 Å². The lowest BCUT2D eigenvalue weighted by molar-refractivity contribution is -0.134. The molecule has 1 aliphatic heterocycles. The third kappa shape index (κ3) is 5.98. The van der Waals surface area contributed by atoms with E-state index in [0.29, 0.717) is 35.0 Å². The first-order valence-electron chi connectivity index (χ1n) is 12.5. The van der Waals surface area contributed by atoms with Gasteiger partial charge in [0.05, 0.1) is 11.7 Å². The maximum atomic E-state index is 13.3. The number of aromatic amines is 1. The molecule has 3 N–H and O–H groups in total. The molecule has 0 saturated heterocycles. The molecule has 1 fully saturated rings. The van der Waals surface area contributed by atoms with Gasteiger partial charge in [-0.15, -0.1) is 23.7 Å². The molecule has 2 aliphatic rings. The number of nitrogens with one attached hydrogen (secondary N) is 3. The fourth-order valence-electron chi connectivity index (χ4n) is 5.21. The van der Waals surface area contributed by atoms with Crippen LogP contribution in [0.15, 0.2) is 24.3 Å². The first-order valence-corrected chi connectivity index (χ1v) is 13.7. The van der Waals surface area contributed by atoms with E-state index in [0.717, 1.165) is 41.0 Å². The van der Waals surface area contributed by atoms with E-state index in [4.69, 9.17) is 11.6 Å². The number of fused-ring (bicyclic) bond motifs is 2. The zero-order valence-electron chi connectivity index (χ0n) is 21.5. The first kappa shape index (κ1) is 28.4. The second kappa shape index (κ2) is 11.6. The Morgan fingerprint density at radius 1 is 1.13 bits per heavy atom. The number of H-pyrrole nitrogens is 1. The highest BCUT2D eigenvalue weighted by molar-refractivity contribution is 7.13. The van der Waals surface area contributed by atoms with Crippen LogP contribution in [0.4, 0.5) is 0 Å². The summed E-state index contributed by atoms with van der Waals surface area (Å²) in [7, 11) is 5.54. The average Bonchev–Trinajstić information content (AvgIpc) is 3.48. The number of amides is 3. The van der Waals surface area contributed by atoms with Crippen molar-refractivity contribution in [3.63, 3.8) is 0 Å². The SMILES string of the molecule is CN1CCc2nc(C(=O)N[C@@H]3C[C@@H](C(=O)N(C)C)CC[C@H]3NC(=O)c3cc4cc(Cl)ccc4[nH]3)sc2C1.Cl. The average molecular weight is 580 g/mol. The van der Waals surface area contributed by atoms with E-state index in [9.17, 15) is 14.4 Å². The number of thiazole rings is 1. The van der Waals surface area contributed by atoms with Gasteiger partial charge in [0.15, 0.2) is 5.01 Å². The molecule has 3 heterocycles. The van der Waals surface area contributed by atoms with Crippen LogP contribution in [0, 0.1) is 5.92 Å². The topological polar surface area (TPSA) is 110 Å². The van der Waals surface area contributed by atoms with Gasteiger partial charge in [0, 0.05) is 66.4 Å². The van der Waals surface area contributed by atoms with Crippen LogP contribution in [-0.4, -0.2) is 77.3 Å². The van der Waals surface area contributed by atoms with Crippen molar-refractivity contribution >= 4 is 64.0 Å². The molecule has 2 aromatic heterocycles. The monoisotopic (exact) mass is 578 g/mol. The molecule has 0 unspecified atom stereocenters. The number of rotatable bonds is 5. The second-order valence-electron chi connectivity index (χ2n) is 10.2. The Hall–Kier alpha value is -2.66. The number of aromatic nitrogens is 2. The lowest BCUT2D eigenvalue weighted by Gasteiger charge is -2.37. The summed E-state index contributed by atoms with van der Waals surface area (Å²) in [6.07, 6.45) is 2.48. The van der Waals surface area contributed by atoms with E-state index >= 15 is 0 Å². The highest BCUT2D eigenvalue weighted by Gasteiger charge is 2.37. The van der Waals surface area contributed by atoms with E-state index < -0.39 is 6.04 Å². The minimum atomic E-state index is -0.401. The molecule has 38 heavy (non-hydrogen) atoms. The van der Waals surface area contributed by atoms with Gasteiger partial charge in [-0.25, -0.2) is 4.98 Å². The maximum absolute atomic E-state index is 13.3. The number of hydrogen-bond donors (Lipinski definition) is 3. The van der Waals surface area contributed by atoms with Crippen molar-refractivity contribution in [3.8, 4) is 0 Å². The Balaban J connectivity index is 0.00000336. The summed E-state index contributed by atoms with van der Waals surface area (Å²) in [5.41, 5.74) is 2.23. The van der Waals surface area contributed by atoms with Crippen LogP contribution in [-0.2, 0) is 17.8 Å². The normalized spacial score (nSPS) is 21.3. The summed E-state index contributed by atoms with van der Waals surface area (Å²) in [6, 6.07) is 6.45. The summed E-state index contributed by atoms with van der Waals surface area (Å²) in [4.78, 5) is 51.8. The molecular formula is C26H32Cl2N6O3S.